The first-order valence-electron chi connectivity index (χ1n) is 14.4. The normalized spacial score (nSPS) is 44.6. The molecule has 11 atom stereocenters. The molecule has 36 heavy (non-hydrogen) atoms. The molecule has 7 nitrogen and oxygen atoms in total. The summed E-state index contributed by atoms with van der Waals surface area (Å²) in [6, 6.07) is 0. The Hall–Kier alpha value is -1.18. The van der Waals surface area contributed by atoms with E-state index in [9.17, 15) is 24.9 Å². The number of aliphatic hydroxyl groups excluding tert-OH is 3. The summed E-state index contributed by atoms with van der Waals surface area (Å²) >= 11 is 0. The van der Waals surface area contributed by atoms with E-state index in [1.807, 2.05) is 6.92 Å². The predicted molar refractivity (Wildman–Crippen MR) is 135 cm³/mol. The van der Waals surface area contributed by atoms with Crippen LogP contribution in [0.5, 0.6) is 0 Å². The van der Waals surface area contributed by atoms with Gasteiger partial charge in [-0.2, -0.15) is 0 Å². The molecule has 11 unspecified atom stereocenters. The van der Waals surface area contributed by atoms with Crippen LogP contribution in [0.1, 0.15) is 91.9 Å². The van der Waals surface area contributed by atoms with Crippen LogP contribution in [0.3, 0.4) is 0 Å². The number of carbonyl (C=O) groups is 2. The van der Waals surface area contributed by atoms with Crippen LogP contribution in [0.25, 0.3) is 0 Å². The molecule has 0 aromatic rings. The Labute approximate surface area is 216 Å². The van der Waals surface area contributed by atoms with Crippen LogP contribution in [-0.2, 0) is 19.1 Å². The van der Waals surface area contributed by atoms with Gasteiger partial charge in [-0.25, -0.2) is 4.79 Å². The lowest BCUT2D eigenvalue weighted by atomic mass is 9.43. The zero-order valence-electron chi connectivity index (χ0n) is 22.7. The fraction of sp³-hybridized carbons (Fsp3) is 0.931. The highest BCUT2D eigenvalue weighted by Crippen LogP contribution is 2.68. The van der Waals surface area contributed by atoms with E-state index in [0.29, 0.717) is 25.4 Å². The number of fused-ring (bicyclic) bond motifs is 5. The third-order valence-electron chi connectivity index (χ3n) is 11.1. The number of esters is 2. The summed E-state index contributed by atoms with van der Waals surface area (Å²) in [5.74, 6) is 0.633. The molecule has 0 aromatic carbocycles. The van der Waals surface area contributed by atoms with Crippen LogP contribution in [-0.4, -0.2) is 58.8 Å². The van der Waals surface area contributed by atoms with Gasteiger partial charge in [-0.15, -0.1) is 0 Å². The van der Waals surface area contributed by atoms with Gasteiger partial charge in [0.15, 0.2) is 6.61 Å². The fourth-order valence-electron chi connectivity index (χ4n) is 9.15. The van der Waals surface area contributed by atoms with Crippen LogP contribution in [0.4, 0.5) is 0 Å². The largest absolute Gasteiger partial charge is 0.463 e. The van der Waals surface area contributed by atoms with E-state index in [4.69, 9.17) is 9.47 Å². The number of carbonyl (C=O) groups excluding carboxylic acids is 2. The first-order chi connectivity index (χ1) is 17.0. The van der Waals surface area contributed by atoms with Crippen molar-refractivity contribution in [1.29, 1.82) is 0 Å². The molecule has 7 heteroatoms. The summed E-state index contributed by atoms with van der Waals surface area (Å²) in [6.07, 6.45) is 6.54. The lowest BCUT2D eigenvalue weighted by molar-refractivity contribution is -0.207. The van der Waals surface area contributed by atoms with Gasteiger partial charge in [0, 0.05) is 6.42 Å². The fourth-order valence-corrected chi connectivity index (χ4v) is 9.15. The minimum Gasteiger partial charge on any atom is -0.463 e. The molecular weight excluding hydrogens is 460 g/mol. The SMILES string of the molecule is CCCOC(=O)COC(=O)CCC(C)C1CCC2C3C(O)CC4CC(O)CCC4(C)C3CC(O)C12C. The van der Waals surface area contributed by atoms with Crippen LogP contribution in [0, 0.1) is 46.3 Å². The Morgan fingerprint density at radius 1 is 0.972 bits per heavy atom. The van der Waals surface area contributed by atoms with Crippen LogP contribution >= 0.6 is 0 Å². The van der Waals surface area contributed by atoms with Gasteiger partial charge in [-0.1, -0.05) is 27.7 Å². The second-order valence-electron chi connectivity index (χ2n) is 12.9. The molecule has 0 heterocycles. The average Bonchev–Trinajstić information content (AvgIpc) is 3.20. The van der Waals surface area contributed by atoms with Gasteiger partial charge < -0.3 is 24.8 Å². The molecule has 0 spiro atoms. The molecule has 0 saturated heterocycles. The number of hydrogen-bond donors (Lipinski definition) is 3. The van der Waals surface area contributed by atoms with Crippen LogP contribution in [0.2, 0.25) is 0 Å². The summed E-state index contributed by atoms with van der Waals surface area (Å²) in [5.41, 5.74) is -0.218. The van der Waals surface area contributed by atoms with E-state index in [2.05, 4.69) is 20.8 Å². The number of hydrogen-bond acceptors (Lipinski definition) is 7. The Morgan fingerprint density at radius 3 is 2.44 bits per heavy atom. The zero-order chi connectivity index (χ0) is 26.3. The van der Waals surface area contributed by atoms with Crippen molar-refractivity contribution in [3.63, 3.8) is 0 Å². The highest BCUT2D eigenvalue weighted by molar-refractivity contribution is 5.76. The van der Waals surface area contributed by atoms with Crippen molar-refractivity contribution < 1.29 is 34.4 Å². The van der Waals surface area contributed by atoms with Crippen molar-refractivity contribution in [3.05, 3.63) is 0 Å². The van der Waals surface area contributed by atoms with E-state index in [-0.39, 0.29) is 71.6 Å². The standard InChI is InChI=1S/C29H48O7/c1-5-12-35-26(34)16-36-25(33)9-6-17(2)20-7-8-21-27-22(15-24(32)29(20,21)4)28(3)11-10-19(30)13-18(28)14-23(27)31/h17-24,27,30-32H,5-16H2,1-4H3. The summed E-state index contributed by atoms with van der Waals surface area (Å²) in [7, 11) is 0. The van der Waals surface area contributed by atoms with Gasteiger partial charge in [0.1, 0.15) is 0 Å². The molecule has 3 N–H and O–H groups in total. The lowest BCUT2D eigenvalue weighted by Gasteiger charge is -2.63. The van der Waals surface area contributed by atoms with Gasteiger partial charge in [0.05, 0.1) is 24.9 Å². The number of rotatable bonds is 8. The summed E-state index contributed by atoms with van der Waals surface area (Å²) in [4.78, 5) is 23.9. The van der Waals surface area contributed by atoms with Gasteiger partial charge in [-0.3, -0.25) is 4.79 Å². The molecule has 4 aliphatic rings. The minimum atomic E-state index is -0.515. The molecule has 0 amide bonds. The molecule has 4 fully saturated rings. The number of aliphatic hydroxyl groups is 3. The van der Waals surface area contributed by atoms with Crippen molar-refractivity contribution in [3.8, 4) is 0 Å². The molecule has 206 valence electrons. The van der Waals surface area contributed by atoms with E-state index < -0.39 is 12.1 Å². The predicted octanol–water partition coefficient (Wildman–Crippen LogP) is 3.86. The third-order valence-corrected chi connectivity index (χ3v) is 11.1. The maximum absolute atomic E-state index is 12.3. The summed E-state index contributed by atoms with van der Waals surface area (Å²) < 4.78 is 10.1. The second kappa shape index (κ2) is 10.9. The van der Waals surface area contributed by atoms with Crippen molar-refractivity contribution in [2.75, 3.05) is 13.2 Å². The van der Waals surface area contributed by atoms with E-state index in [0.717, 1.165) is 44.9 Å². The van der Waals surface area contributed by atoms with Gasteiger partial charge in [0.2, 0.25) is 0 Å². The maximum atomic E-state index is 12.3. The first-order valence-corrected chi connectivity index (χ1v) is 14.4. The highest BCUT2D eigenvalue weighted by Gasteiger charge is 2.65. The molecule has 0 radical (unpaired) electrons. The molecule has 4 saturated carbocycles. The molecule has 0 bridgehead atoms. The number of ether oxygens (including phenoxy) is 2. The van der Waals surface area contributed by atoms with Crippen molar-refractivity contribution in [1.82, 2.24) is 0 Å². The minimum absolute atomic E-state index is 0.0666. The molecule has 0 aliphatic heterocycles. The molecule has 4 aliphatic carbocycles. The topological polar surface area (TPSA) is 113 Å². The van der Waals surface area contributed by atoms with E-state index in [1.54, 1.807) is 0 Å². The maximum Gasteiger partial charge on any atom is 0.344 e. The Bertz CT molecular complexity index is 800. The lowest BCUT2D eigenvalue weighted by Crippen LogP contribution is -2.62. The van der Waals surface area contributed by atoms with Crippen LogP contribution in [0.15, 0.2) is 0 Å². The molecule has 0 aromatic heterocycles. The van der Waals surface area contributed by atoms with E-state index >= 15 is 0 Å². The third kappa shape index (κ3) is 4.96. The van der Waals surface area contributed by atoms with E-state index in [1.165, 1.54) is 0 Å². The van der Waals surface area contributed by atoms with Crippen molar-refractivity contribution >= 4 is 11.9 Å². The van der Waals surface area contributed by atoms with Gasteiger partial charge in [0.25, 0.3) is 0 Å². The monoisotopic (exact) mass is 508 g/mol. The summed E-state index contributed by atoms with van der Waals surface area (Å²) in [6.45, 7) is 8.63. The van der Waals surface area contributed by atoms with Gasteiger partial charge >= 0.3 is 11.9 Å². The van der Waals surface area contributed by atoms with Crippen molar-refractivity contribution in [2.45, 2.75) is 110 Å². The van der Waals surface area contributed by atoms with Gasteiger partial charge in [-0.05, 0) is 104 Å². The van der Waals surface area contributed by atoms with Crippen molar-refractivity contribution in [2.24, 2.45) is 46.3 Å². The average molecular weight is 509 g/mol. The molecule has 4 rings (SSSR count). The highest BCUT2D eigenvalue weighted by atomic mass is 16.6. The Balaban J connectivity index is 1.40. The quantitative estimate of drug-likeness (QED) is 0.427. The Morgan fingerprint density at radius 2 is 1.72 bits per heavy atom. The Kier molecular flexibility index (Phi) is 8.43. The first kappa shape index (κ1) is 27.8. The summed E-state index contributed by atoms with van der Waals surface area (Å²) in [5, 5.41) is 33.3. The van der Waals surface area contributed by atoms with Crippen LogP contribution < -0.4 is 0 Å². The smallest absolute Gasteiger partial charge is 0.344 e. The molecular formula is C29H48O7. The zero-order valence-corrected chi connectivity index (χ0v) is 22.7. The second-order valence-corrected chi connectivity index (χ2v) is 12.9.